The number of fused-ring (bicyclic) bond motifs is 2. The first-order valence-electron chi connectivity index (χ1n) is 10.5. The molecule has 0 fully saturated rings. The molecule has 0 amide bonds. The number of unbranched alkanes of at least 4 members (excludes halogenated alkanes) is 2. The molecule has 0 unspecified atom stereocenters. The zero-order valence-corrected chi connectivity index (χ0v) is 18.0. The van der Waals surface area contributed by atoms with Gasteiger partial charge in [0.1, 0.15) is 11.5 Å². The lowest BCUT2D eigenvalue weighted by molar-refractivity contribution is 0.0907. The summed E-state index contributed by atoms with van der Waals surface area (Å²) < 4.78 is 20.4. The number of hydrogen-bond donors (Lipinski definition) is 0. The highest BCUT2D eigenvalue weighted by atomic mass is 16.7. The molecule has 3 rings (SSSR count). The van der Waals surface area contributed by atoms with E-state index in [1.165, 1.54) is 24.3 Å². The van der Waals surface area contributed by atoms with Gasteiger partial charge in [-0.3, -0.25) is 9.59 Å². The summed E-state index contributed by atoms with van der Waals surface area (Å²) in [6, 6.07) is 8.84. The van der Waals surface area contributed by atoms with Crippen molar-refractivity contribution in [2.45, 2.75) is 39.5 Å². The molecule has 0 spiro atoms. The molecule has 168 valence electrons. The summed E-state index contributed by atoms with van der Waals surface area (Å²) in [6.45, 7) is 4.22. The van der Waals surface area contributed by atoms with Crippen molar-refractivity contribution < 1.29 is 38.1 Å². The molecule has 32 heavy (non-hydrogen) atoms. The SMILES string of the molecule is CCCCOC(=O)Oc1ccc(OC(=O)OCCCC)c2c1C(=O)c1ccccc1C2=O. The Bertz CT molecular complexity index is 958. The first kappa shape index (κ1) is 23.0. The van der Waals surface area contributed by atoms with Gasteiger partial charge in [-0.25, -0.2) is 9.59 Å². The fourth-order valence-electron chi connectivity index (χ4n) is 3.17. The Balaban J connectivity index is 1.98. The highest BCUT2D eigenvalue weighted by Gasteiger charge is 2.36. The number of ether oxygens (including phenoxy) is 4. The Morgan fingerprint density at radius 3 is 1.47 bits per heavy atom. The van der Waals surface area contributed by atoms with Gasteiger partial charge in [-0.15, -0.1) is 0 Å². The van der Waals surface area contributed by atoms with Gasteiger partial charge >= 0.3 is 12.3 Å². The smallest absolute Gasteiger partial charge is 0.434 e. The minimum absolute atomic E-state index is 0.152. The van der Waals surface area contributed by atoms with Crippen LogP contribution in [0, 0.1) is 0 Å². The van der Waals surface area contributed by atoms with Crippen LogP contribution in [0.4, 0.5) is 9.59 Å². The maximum atomic E-state index is 13.2. The van der Waals surface area contributed by atoms with Crippen LogP contribution < -0.4 is 9.47 Å². The Morgan fingerprint density at radius 2 is 1.09 bits per heavy atom. The molecule has 2 aromatic carbocycles. The fourth-order valence-corrected chi connectivity index (χ4v) is 3.17. The van der Waals surface area contributed by atoms with E-state index in [9.17, 15) is 19.2 Å². The third kappa shape index (κ3) is 4.96. The van der Waals surface area contributed by atoms with Crippen LogP contribution in [0.3, 0.4) is 0 Å². The van der Waals surface area contributed by atoms with Crippen LogP contribution in [0.25, 0.3) is 0 Å². The predicted octanol–water partition coefficient (Wildman–Crippen LogP) is 5.09. The molecule has 8 heteroatoms. The van der Waals surface area contributed by atoms with Crippen LogP contribution in [0.2, 0.25) is 0 Å². The van der Waals surface area contributed by atoms with Crippen LogP contribution in [0.1, 0.15) is 71.4 Å². The van der Waals surface area contributed by atoms with Crippen molar-refractivity contribution in [3.63, 3.8) is 0 Å². The summed E-state index contributed by atoms with van der Waals surface area (Å²) in [7, 11) is 0. The van der Waals surface area contributed by atoms with Gasteiger partial charge in [-0.1, -0.05) is 51.0 Å². The molecule has 0 atom stereocenters. The first-order valence-corrected chi connectivity index (χ1v) is 10.5. The van der Waals surface area contributed by atoms with E-state index in [1.807, 2.05) is 13.8 Å². The van der Waals surface area contributed by atoms with Crippen molar-refractivity contribution in [1.82, 2.24) is 0 Å². The topological polar surface area (TPSA) is 105 Å². The van der Waals surface area contributed by atoms with E-state index in [-0.39, 0.29) is 47.0 Å². The van der Waals surface area contributed by atoms with Crippen LogP contribution in [-0.2, 0) is 9.47 Å². The Morgan fingerprint density at radius 1 is 0.688 bits per heavy atom. The van der Waals surface area contributed by atoms with Crippen molar-refractivity contribution in [2.24, 2.45) is 0 Å². The second kappa shape index (κ2) is 10.6. The summed E-state index contributed by atoms with van der Waals surface area (Å²) in [5.41, 5.74) is -0.00579. The molecule has 1 aliphatic rings. The third-order valence-electron chi connectivity index (χ3n) is 4.82. The van der Waals surface area contributed by atoms with Gasteiger partial charge in [0.15, 0.2) is 11.6 Å². The van der Waals surface area contributed by atoms with Crippen molar-refractivity contribution in [2.75, 3.05) is 13.2 Å². The quantitative estimate of drug-likeness (QED) is 0.271. The summed E-state index contributed by atoms with van der Waals surface area (Å²) in [6.07, 6.45) is 0.981. The zero-order valence-electron chi connectivity index (χ0n) is 18.0. The van der Waals surface area contributed by atoms with Crippen LogP contribution in [0.15, 0.2) is 36.4 Å². The first-order chi connectivity index (χ1) is 15.5. The Kier molecular flexibility index (Phi) is 7.59. The van der Waals surface area contributed by atoms with Crippen molar-refractivity contribution in [3.05, 3.63) is 58.7 Å². The minimum Gasteiger partial charge on any atom is -0.434 e. The molecule has 0 bridgehead atoms. The molecule has 0 saturated carbocycles. The van der Waals surface area contributed by atoms with E-state index in [2.05, 4.69) is 0 Å². The number of carbonyl (C=O) groups is 4. The maximum absolute atomic E-state index is 13.2. The molecule has 0 N–H and O–H groups in total. The highest BCUT2D eigenvalue weighted by molar-refractivity contribution is 6.30. The Hall–Kier alpha value is -3.68. The van der Waals surface area contributed by atoms with Crippen LogP contribution >= 0.6 is 0 Å². The number of carbonyl (C=O) groups excluding carboxylic acids is 4. The average molecular weight is 440 g/mol. The lowest BCUT2D eigenvalue weighted by atomic mass is 9.83. The number of ketones is 2. The van der Waals surface area contributed by atoms with Gasteiger partial charge in [-0.2, -0.15) is 0 Å². The summed E-state index contributed by atoms with van der Waals surface area (Å²) in [4.78, 5) is 50.6. The monoisotopic (exact) mass is 440 g/mol. The second-order valence-electron chi connectivity index (χ2n) is 7.12. The molecule has 0 aliphatic heterocycles. The molecule has 2 aromatic rings. The van der Waals surface area contributed by atoms with Gasteiger partial charge in [0.2, 0.25) is 0 Å². The molecule has 0 aromatic heterocycles. The summed E-state index contributed by atoms with van der Waals surface area (Å²) in [5, 5.41) is 0. The molecular weight excluding hydrogens is 416 g/mol. The number of benzene rings is 2. The third-order valence-corrected chi connectivity index (χ3v) is 4.82. The van der Waals surface area contributed by atoms with E-state index in [0.29, 0.717) is 12.8 Å². The van der Waals surface area contributed by atoms with E-state index >= 15 is 0 Å². The van der Waals surface area contributed by atoms with Gasteiger partial charge in [0.25, 0.3) is 0 Å². The number of hydrogen-bond acceptors (Lipinski definition) is 8. The zero-order chi connectivity index (χ0) is 23.1. The number of rotatable bonds is 8. The predicted molar refractivity (Wildman–Crippen MR) is 114 cm³/mol. The van der Waals surface area contributed by atoms with Crippen LogP contribution in [-0.4, -0.2) is 37.1 Å². The minimum atomic E-state index is -0.993. The lowest BCUT2D eigenvalue weighted by Gasteiger charge is -2.21. The normalized spacial score (nSPS) is 11.9. The van der Waals surface area contributed by atoms with E-state index in [0.717, 1.165) is 12.8 Å². The van der Waals surface area contributed by atoms with E-state index < -0.39 is 23.9 Å². The van der Waals surface area contributed by atoms with Crippen molar-refractivity contribution in [3.8, 4) is 11.5 Å². The van der Waals surface area contributed by atoms with Gasteiger partial charge in [-0.05, 0) is 25.0 Å². The van der Waals surface area contributed by atoms with Crippen molar-refractivity contribution in [1.29, 1.82) is 0 Å². The van der Waals surface area contributed by atoms with E-state index in [4.69, 9.17) is 18.9 Å². The average Bonchev–Trinajstić information content (AvgIpc) is 2.78. The van der Waals surface area contributed by atoms with Crippen molar-refractivity contribution >= 4 is 23.9 Å². The van der Waals surface area contributed by atoms with Gasteiger partial charge < -0.3 is 18.9 Å². The molecular formula is C24H24O8. The molecule has 1 aliphatic carbocycles. The molecule has 0 heterocycles. The Labute approximate surface area is 185 Å². The van der Waals surface area contributed by atoms with Gasteiger partial charge in [0, 0.05) is 11.1 Å². The van der Waals surface area contributed by atoms with Crippen LogP contribution in [0.5, 0.6) is 11.5 Å². The second-order valence-corrected chi connectivity index (χ2v) is 7.12. The molecule has 0 saturated heterocycles. The maximum Gasteiger partial charge on any atom is 0.513 e. The highest BCUT2D eigenvalue weighted by Crippen LogP contribution is 2.39. The standard InChI is InChI=1S/C24H24O8/c1-3-5-13-29-23(27)31-17-11-12-18(32-24(28)30-14-6-4-2)20-19(17)21(25)15-9-7-8-10-16(15)22(20)26/h7-12H,3-6,13-14H2,1-2H3. The van der Waals surface area contributed by atoms with E-state index in [1.54, 1.807) is 12.1 Å². The lowest BCUT2D eigenvalue weighted by Crippen LogP contribution is -2.25. The molecule has 8 nitrogen and oxygen atoms in total. The molecule has 0 radical (unpaired) electrons. The summed E-state index contributed by atoms with van der Waals surface area (Å²) in [5.74, 6) is -1.37. The largest absolute Gasteiger partial charge is 0.513 e. The summed E-state index contributed by atoms with van der Waals surface area (Å²) >= 11 is 0. The fraction of sp³-hybridized carbons (Fsp3) is 0.333. The van der Waals surface area contributed by atoms with Gasteiger partial charge in [0.05, 0.1) is 24.3 Å².